The Hall–Kier alpha value is -2.30. The third-order valence-electron chi connectivity index (χ3n) is 2.35. The molecule has 0 aliphatic carbocycles. The summed E-state index contributed by atoms with van der Waals surface area (Å²) in [5.41, 5.74) is 5.96. The zero-order valence-corrected chi connectivity index (χ0v) is 8.38. The predicted octanol–water partition coefficient (Wildman–Crippen LogP) is 0.825. The Kier molecular flexibility index (Phi) is 2.36. The van der Waals surface area contributed by atoms with Crippen LogP contribution >= 0.6 is 0 Å². The van der Waals surface area contributed by atoms with Gasteiger partial charge in [-0.25, -0.2) is 4.79 Å². The summed E-state index contributed by atoms with van der Waals surface area (Å²) in [4.78, 5) is 21.8. The van der Waals surface area contributed by atoms with Gasteiger partial charge in [0.25, 0.3) is 0 Å². The highest BCUT2D eigenvalue weighted by Gasteiger charge is 2.14. The van der Waals surface area contributed by atoms with Gasteiger partial charge in [0.05, 0.1) is 5.56 Å². The molecular formula is C11H10N2O3. The maximum atomic E-state index is 11.0. The highest BCUT2D eigenvalue weighted by molar-refractivity contribution is 6.03. The minimum atomic E-state index is -1.01. The Morgan fingerprint density at radius 3 is 2.62 bits per heavy atom. The SMILES string of the molecule is NC(=O)Cn1cc(C(=O)O)c2ccccc21. The van der Waals surface area contributed by atoms with Gasteiger partial charge >= 0.3 is 5.97 Å². The molecule has 0 saturated carbocycles. The van der Waals surface area contributed by atoms with Crippen LogP contribution < -0.4 is 5.73 Å². The average molecular weight is 218 g/mol. The number of carboxylic acids is 1. The third-order valence-corrected chi connectivity index (χ3v) is 2.35. The van der Waals surface area contributed by atoms with E-state index in [2.05, 4.69) is 0 Å². The number of fused-ring (bicyclic) bond motifs is 1. The first-order chi connectivity index (χ1) is 7.59. The normalized spacial score (nSPS) is 10.5. The highest BCUT2D eigenvalue weighted by Crippen LogP contribution is 2.20. The first-order valence-corrected chi connectivity index (χ1v) is 4.69. The van der Waals surface area contributed by atoms with Gasteiger partial charge in [0.1, 0.15) is 6.54 Å². The monoisotopic (exact) mass is 218 g/mol. The van der Waals surface area contributed by atoms with Crippen molar-refractivity contribution in [1.82, 2.24) is 4.57 Å². The minimum Gasteiger partial charge on any atom is -0.478 e. The van der Waals surface area contributed by atoms with Crippen LogP contribution in [-0.2, 0) is 11.3 Å². The summed E-state index contributed by atoms with van der Waals surface area (Å²) in [6, 6.07) is 7.00. The van der Waals surface area contributed by atoms with Gasteiger partial charge in [-0.05, 0) is 6.07 Å². The lowest BCUT2D eigenvalue weighted by Gasteiger charge is -2.00. The average Bonchev–Trinajstić information content (AvgIpc) is 2.57. The molecule has 5 heteroatoms. The number of benzene rings is 1. The van der Waals surface area contributed by atoms with E-state index in [1.165, 1.54) is 6.20 Å². The molecule has 0 aliphatic rings. The molecule has 82 valence electrons. The molecule has 16 heavy (non-hydrogen) atoms. The molecule has 2 rings (SSSR count). The van der Waals surface area contributed by atoms with Crippen LogP contribution in [0.2, 0.25) is 0 Å². The predicted molar refractivity (Wildman–Crippen MR) is 58.1 cm³/mol. The van der Waals surface area contributed by atoms with Crippen LogP contribution in [0.1, 0.15) is 10.4 Å². The topological polar surface area (TPSA) is 85.3 Å². The smallest absolute Gasteiger partial charge is 0.337 e. The van der Waals surface area contributed by atoms with E-state index >= 15 is 0 Å². The summed E-state index contributed by atoms with van der Waals surface area (Å²) in [6.07, 6.45) is 1.43. The number of primary amides is 1. The van der Waals surface area contributed by atoms with Gasteiger partial charge in [-0.2, -0.15) is 0 Å². The summed E-state index contributed by atoms with van der Waals surface area (Å²) in [6.45, 7) is -0.0200. The maximum Gasteiger partial charge on any atom is 0.337 e. The number of nitrogens with two attached hydrogens (primary N) is 1. The van der Waals surface area contributed by atoms with Crippen LogP contribution in [0.3, 0.4) is 0 Å². The fraction of sp³-hybridized carbons (Fsp3) is 0.0909. The lowest BCUT2D eigenvalue weighted by molar-refractivity contribution is -0.118. The quantitative estimate of drug-likeness (QED) is 0.799. The van der Waals surface area contributed by atoms with Crippen molar-refractivity contribution in [3.05, 3.63) is 36.0 Å². The van der Waals surface area contributed by atoms with Gasteiger partial charge in [-0.15, -0.1) is 0 Å². The summed E-state index contributed by atoms with van der Waals surface area (Å²) in [5, 5.41) is 9.61. The number of carbonyl (C=O) groups is 2. The van der Waals surface area contributed by atoms with Gasteiger partial charge in [0, 0.05) is 17.1 Å². The van der Waals surface area contributed by atoms with Gasteiger partial charge in [-0.3, -0.25) is 4.79 Å². The van der Waals surface area contributed by atoms with E-state index in [1.54, 1.807) is 28.8 Å². The largest absolute Gasteiger partial charge is 0.478 e. The second-order valence-electron chi connectivity index (χ2n) is 3.46. The van der Waals surface area contributed by atoms with Crippen LogP contribution in [-0.4, -0.2) is 21.6 Å². The molecule has 5 nitrogen and oxygen atoms in total. The number of carbonyl (C=O) groups excluding carboxylic acids is 1. The lowest BCUT2D eigenvalue weighted by atomic mass is 10.2. The molecule has 0 fully saturated rings. The Morgan fingerprint density at radius 1 is 1.31 bits per heavy atom. The van der Waals surface area contributed by atoms with Gasteiger partial charge < -0.3 is 15.4 Å². The van der Waals surface area contributed by atoms with Crippen molar-refractivity contribution in [1.29, 1.82) is 0 Å². The second-order valence-corrected chi connectivity index (χ2v) is 3.46. The molecule has 0 atom stereocenters. The van der Waals surface area contributed by atoms with E-state index in [0.29, 0.717) is 10.9 Å². The lowest BCUT2D eigenvalue weighted by Crippen LogP contribution is -2.17. The number of aromatic nitrogens is 1. The Balaban J connectivity index is 2.66. The zero-order valence-electron chi connectivity index (χ0n) is 8.38. The van der Waals surface area contributed by atoms with E-state index in [9.17, 15) is 9.59 Å². The van der Waals surface area contributed by atoms with Crippen molar-refractivity contribution in [2.45, 2.75) is 6.54 Å². The van der Waals surface area contributed by atoms with Crippen molar-refractivity contribution in [3.63, 3.8) is 0 Å². The molecule has 0 saturated heterocycles. The molecule has 1 amide bonds. The van der Waals surface area contributed by atoms with E-state index in [-0.39, 0.29) is 12.1 Å². The van der Waals surface area contributed by atoms with Crippen LogP contribution in [0.5, 0.6) is 0 Å². The molecule has 0 radical (unpaired) electrons. The van der Waals surface area contributed by atoms with E-state index in [1.807, 2.05) is 0 Å². The molecule has 0 spiro atoms. The van der Waals surface area contributed by atoms with Crippen molar-refractivity contribution in [2.75, 3.05) is 0 Å². The molecule has 1 heterocycles. The number of para-hydroxylation sites is 1. The molecule has 3 N–H and O–H groups in total. The summed E-state index contributed by atoms with van der Waals surface area (Å²) in [5.74, 6) is -1.52. The maximum absolute atomic E-state index is 11.0. The van der Waals surface area contributed by atoms with Gasteiger partial charge in [0.15, 0.2) is 0 Å². The second kappa shape index (κ2) is 3.69. The van der Waals surface area contributed by atoms with Crippen LogP contribution in [0.15, 0.2) is 30.5 Å². The Labute approximate surface area is 91.1 Å². The molecule has 1 aromatic heterocycles. The summed E-state index contributed by atoms with van der Waals surface area (Å²) < 4.78 is 1.54. The van der Waals surface area contributed by atoms with E-state index in [0.717, 1.165) is 0 Å². The number of carboxylic acid groups (broad SMARTS) is 1. The standard InChI is InChI=1S/C11H10N2O3/c12-10(14)6-13-5-8(11(15)16)7-3-1-2-4-9(7)13/h1-5H,6H2,(H2,12,14)(H,15,16). The number of hydrogen-bond acceptors (Lipinski definition) is 2. The fourth-order valence-electron chi connectivity index (χ4n) is 1.72. The van der Waals surface area contributed by atoms with Gasteiger partial charge in [-0.1, -0.05) is 18.2 Å². The number of aromatic carboxylic acids is 1. The van der Waals surface area contributed by atoms with Crippen LogP contribution in [0.4, 0.5) is 0 Å². The number of nitrogens with zero attached hydrogens (tertiary/aromatic N) is 1. The molecular weight excluding hydrogens is 208 g/mol. The van der Waals surface area contributed by atoms with E-state index < -0.39 is 11.9 Å². The Bertz CT molecular complexity index is 572. The molecule has 0 bridgehead atoms. The first-order valence-electron chi connectivity index (χ1n) is 4.69. The number of rotatable bonds is 3. The van der Waals surface area contributed by atoms with Crippen molar-refractivity contribution >= 4 is 22.8 Å². The Morgan fingerprint density at radius 2 is 2.00 bits per heavy atom. The third kappa shape index (κ3) is 1.63. The van der Waals surface area contributed by atoms with Gasteiger partial charge in [0.2, 0.25) is 5.91 Å². The number of hydrogen-bond donors (Lipinski definition) is 2. The van der Waals surface area contributed by atoms with Crippen molar-refractivity contribution in [2.24, 2.45) is 5.73 Å². The minimum absolute atomic E-state index is 0.0200. The van der Waals surface area contributed by atoms with Crippen LogP contribution in [0.25, 0.3) is 10.9 Å². The highest BCUT2D eigenvalue weighted by atomic mass is 16.4. The molecule has 2 aromatic rings. The van der Waals surface area contributed by atoms with Crippen molar-refractivity contribution < 1.29 is 14.7 Å². The van der Waals surface area contributed by atoms with E-state index in [4.69, 9.17) is 10.8 Å². The fourth-order valence-corrected chi connectivity index (χ4v) is 1.72. The molecule has 0 aliphatic heterocycles. The zero-order chi connectivity index (χ0) is 11.7. The summed E-state index contributed by atoms with van der Waals surface area (Å²) >= 11 is 0. The van der Waals surface area contributed by atoms with Crippen LogP contribution in [0, 0.1) is 0 Å². The summed E-state index contributed by atoms with van der Waals surface area (Å²) in [7, 11) is 0. The van der Waals surface area contributed by atoms with Crippen molar-refractivity contribution in [3.8, 4) is 0 Å². The number of amides is 1. The molecule has 1 aromatic carbocycles. The first kappa shape index (κ1) is 10.2. The molecule has 0 unspecified atom stereocenters.